The molecule has 0 bridgehead atoms. The molecule has 0 aliphatic heterocycles. The van der Waals surface area contributed by atoms with E-state index in [9.17, 15) is 4.79 Å². The summed E-state index contributed by atoms with van der Waals surface area (Å²) < 4.78 is -0.500. The molecule has 0 aromatic heterocycles. The summed E-state index contributed by atoms with van der Waals surface area (Å²) in [5.74, 6) is 0.0949. The summed E-state index contributed by atoms with van der Waals surface area (Å²) in [5.41, 5.74) is 3.68. The molecule has 17 heavy (non-hydrogen) atoms. The quantitative estimate of drug-likeness (QED) is 0.783. The fraction of sp³-hybridized carbons (Fsp3) is 0.500. The topological polar surface area (TPSA) is 20.3 Å². The van der Waals surface area contributed by atoms with Gasteiger partial charge in [-0.05, 0) is 38.8 Å². The van der Waals surface area contributed by atoms with Gasteiger partial charge in [-0.3, -0.25) is 4.79 Å². The number of nitrogens with zero attached hydrogens (tertiary/aromatic N) is 1. The third-order valence-corrected chi connectivity index (χ3v) is 3.10. The summed E-state index contributed by atoms with van der Waals surface area (Å²) >= 11 is 3.40. The minimum absolute atomic E-state index is 0.0949. The van der Waals surface area contributed by atoms with Crippen LogP contribution in [-0.2, 0) is 11.3 Å². The number of hydrogen-bond donors (Lipinski definition) is 0. The molecular formula is C14H20BrNO. The van der Waals surface area contributed by atoms with Gasteiger partial charge in [0.1, 0.15) is 0 Å². The lowest BCUT2D eigenvalue weighted by molar-refractivity contribution is -0.131. The maximum absolute atomic E-state index is 12.0. The van der Waals surface area contributed by atoms with Crippen LogP contribution in [0.5, 0.6) is 0 Å². The van der Waals surface area contributed by atoms with Crippen molar-refractivity contribution in [3.63, 3.8) is 0 Å². The van der Waals surface area contributed by atoms with E-state index in [1.165, 1.54) is 16.7 Å². The van der Waals surface area contributed by atoms with Gasteiger partial charge in [-0.2, -0.15) is 0 Å². The lowest BCUT2D eigenvalue weighted by Crippen LogP contribution is -2.38. The highest BCUT2D eigenvalue weighted by Crippen LogP contribution is 2.20. The van der Waals surface area contributed by atoms with Gasteiger partial charge >= 0.3 is 0 Å². The maximum atomic E-state index is 12.0. The highest BCUT2D eigenvalue weighted by atomic mass is 79.9. The molecule has 0 saturated heterocycles. The average molecular weight is 298 g/mol. The van der Waals surface area contributed by atoms with Crippen molar-refractivity contribution in [3.05, 3.63) is 34.9 Å². The van der Waals surface area contributed by atoms with Crippen molar-refractivity contribution in [1.82, 2.24) is 4.90 Å². The van der Waals surface area contributed by atoms with E-state index in [4.69, 9.17) is 0 Å². The molecule has 0 spiro atoms. The monoisotopic (exact) mass is 297 g/mol. The highest BCUT2D eigenvalue weighted by Gasteiger charge is 2.27. The van der Waals surface area contributed by atoms with E-state index in [0.29, 0.717) is 6.54 Å². The number of aryl methyl sites for hydroxylation is 2. The number of halogens is 1. The van der Waals surface area contributed by atoms with E-state index in [1.807, 2.05) is 20.9 Å². The van der Waals surface area contributed by atoms with Gasteiger partial charge in [-0.15, -0.1) is 0 Å². The Morgan fingerprint density at radius 1 is 1.35 bits per heavy atom. The van der Waals surface area contributed by atoms with Crippen molar-refractivity contribution in [2.45, 2.75) is 38.6 Å². The van der Waals surface area contributed by atoms with Crippen molar-refractivity contribution in [3.8, 4) is 0 Å². The van der Waals surface area contributed by atoms with Crippen LogP contribution in [0.2, 0.25) is 0 Å². The second kappa shape index (κ2) is 5.21. The zero-order valence-electron chi connectivity index (χ0n) is 11.2. The number of alkyl halides is 1. The van der Waals surface area contributed by atoms with Crippen LogP contribution < -0.4 is 0 Å². The van der Waals surface area contributed by atoms with Gasteiger partial charge in [0.15, 0.2) is 0 Å². The molecule has 0 saturated carbocycles. The maximum Gasteiger partial charge on any atom is 0.238 e. The fourth-order valence-corrected chi connectivity index (χ4v) is 2.11. The van der Waals surface area contributed by atoms with E-state index in [0.717, 1.165) is 0 Å². The lowest BCUT2D eigenvalue weighted by Gasteiger charge is -2.25. The molecule has 0 heterocycles. The van der Waals surface area contributed by atoms with Crippen molar-refractivity contribution >= 4 is 21.8 Å². The van der Waals surface area contributed by atoms with Crippen LogP contribution in [-0.4, -0.2) is 22.2 Å². The third kappa shape index (κ3) is 3.84. The van der Waals surface area contributed by atoms with Crippen molar-refractivity contribution in [1.29, 1.82) is 0 Å². The fourth-order valence-electron chi connectivity index (χ4n) is 1.80. The van der Waals surface area contributed by atoms with Crippen LogP contribution in [0.25, 0.3) is 0 Å². The molecule has 0 unspecified atom stereocenters. The molecule has 0 radical (unpaired) electrons. The molecule has 0 aliphatic rings. The Balaban J connectivity index is 2.81. The van der Waals surface area contributed by atoms with Crippen molar-refractivity contribution < 1.29 is 4.79 Å². The smallest absolute Gasteiger partial charge is 0.238 e. The van der Waals surface area contributed by atoms with Crippen molar-refractivity contribution in [2.24, 2.45) is 0 Å². The third-order valence-electron chi connectivity index (χ3n) is 2.76. The van der Waals surface area contributed by atoms with E-state index in [1.54, 1.807) is 4.90 Å². The molecule has 1 aromatic rings. The molecule has 3 heteroatoms. The number of carbonyl (C=O) groups is 1. The highest BCUT2D eigenvalue weighted by molar-refractivity contribution is 9.10. The first kappa shape index (κ1) is 14.2. The van der Waals surface area contributed by atoms with Crippen LogP contribution >= 0.6 is 15.9 Å². The van der Waals surface area contributed by atoms with Crippen molar-refractivity contribution in [2.75, 3.05) is 7.05 Å². The number of benzene rings is 1. The Morgan fingerprint density at radius 2 is 1.94 bits per heavy atom. The standard InChI is InChI=1S/C14H20BrNO/c1-10-6-7-12(11(2)8-10)9-16(5)13(17)14(3,4)15/h6-8H,9H2,1-5H3. The predicted octanol–water partition coefficient (Wildman–Crippen LogP) is 3.44. The summed E-state index contributed by atoms with van der Waals surface area (Å²) in [6.45, 7) is 8.55. The Morgan fingerprint density at radius 3 is 2.41 bits per heavy atom. The minimum Gasteiger partial charge on any atom is -0.340 e. The van der Waals surface area contributed by atoms with Crippen LogP contribution in [0, 0.1) is 13.8 Å². The summed E-state index contributed by atoms with van der Waals surface area (Å²) in [6.07, 6.45) is 0. The molecule has 1 amide bonds. The molecular weight excluding hydrogens is 278 g/mol. The molecule has 0 fully saturated rings. The number of carbonyl (C=O) groups excluding carboxylic acids is 1. The first-order chi connectivity index (χ1) is 7.71. The molecule has 0 N–H and O–H groups in total. The van der Waals surface area contributed by atoms with E-state index >= 15 is 0 Å². The van der Waals surface area contributed by atoms with Gasteiger partial charge in [0.2, 0.25) is 5.91 Å². The van der Waals surface area contributed by atoms with Gasteiger partial charge < -0.3 is 4.90 Å². The Labute approximate surface area is 112 Å². The molecule has 1 rings (SSSR count). The molecule has 0 aliphatic carbocycles. The van der Waals surface area contributed by atoms with E-state index in [-0.39, 0.29) is 5.91 Å². The summed E-state index contributed by atoms with van der Waals surface area (Å²) in [4.78, 5) is 13.8. The minimum atomic E-state index is -0.500. The summed E-state index contributed by atoms with van der Waals surface area (Å²) in [6, 6.07) is 6.32. The largest absolute Gasteiger partial charge is 0.340 e. The van der Waals surface area contributed by atoms with Gasteiger partial charge in [0, 0.05) is 13.6 Å². The predicted molar refractivity (Wildman–Crippen MR) is 75.4 cm³/mol. The Kier molecular flexibility index (Phi) is 4.36. The van der Waals surface area contributed by atoms with Crippen LogP contribution in [0.1, 0.15) is 30.5 Å². The van der Waals surface area contributed by atoms with Gasteiger partial charge in [0.05, 0.1) is 4.32 Å². The van der Waals surface area contributed by atoms with Crippen LogP contribution in [0.15, 0.2) is 18.2 Å². The second-order valence-corrected chi connectivity index (χ2v) is 7.05. The molecule has 2 nitrogen and oxygen atoms in total. The average Bonchev–Trinajstić information content (AvgIpc) is 2.19. The zero-order valence-corrected chi connectivity index (χ0v) is 12.8. The summed E-state index contributed by atoms with van der Waals surface area (Å²) in [5, 5.41) is 0. The molecule has 94 valence electrons. The number of hydrogen-bond acceptors (Lipinski definition) is 1. The van der Waals surface area contributed by atoms with Gasteiger partial charge in [-0.25, -0.2) is 0 Å². The number of amides is 1. The second-order valence-electron chi connectivity index (χ2n) is 5.06. The molecule has 1 aromatic carbocycles. The Hall–Kier alpha value is -0.830. The van der Waals surface area contributed by atoms with E-state index < -0.39 is 4.32 Å². The van der Waals surface area contributed by atoms with E-state index in [2.05, 4.69) is 48.0 Å². The SMILES string of the molecule is Cc1ccc(CN(C)C(=O)C(C)(C)Br)c(C)c1. The first-order valence-electron chi connectivity index (χ1n) is 5.72. The zero-order chi connectivity index (χ0) is 13.2. The molecule has 0 atom stereocenters. The van der Waals surface area contributed by atoms with Gasteiger partial charge in [0.25, 0.3) is 0 Å². The Bertz CT molecular complexity index is 421. The number of rotatable bonds is 3. The normalized spacial score (nSPS) is 11.4. The lowest BCUT2D eigenvalue weighted by atomic mass is 10.0. The van der Waals surface area contributed by atoms with Crippen LogP contribution in [0.3, 0.4) is 0 Å². The van der Waals surface area contributed by atoms with Crippen LogP contribution in [0.4, 0.5) is 0 Å². The first-order valence-corrected chi connectivity index (χ1v) is 6.51. The summed E-state index contributed by atoms with van der Waals surface area (Å²) in [7, 11) is 1.84. The van der Waals surface area contributed by atoms with Gasteiger partial charge in [-0.1, -0.05) is 39.7 Å².